The largest absolute Gasteiger partial charge is 0.369 e. The average molecular weight is 225 g/mol. The van der Waals surface area contributed by atoms with E-state index in [2.05, 4.69) is 9.36 Å². The third kappa shape index (κ3) is 1.66. The standard InChI is InChI=1S/C9H11N3O2S/c1-3-6-10-9(15-11-6)12-7(13)4-5(2)8(12)14/h4,8,14H,3H2,1-2H3. The number of anilines is 1. The minimum atomic E-state index is -0.893. The summed E-state index contributed by atoms with van der Waals surface area (Å²) in [5.74, 6) is 0.457. The van der Waals surface area contributed by atoms with E-state index in [1.54, 1.807) is 6.92 Å². The van der Waals surface area contributed by atoms with E-state index in [0.29, 0.717) is 16.5 Å². The van der Waals surface area contributed by atoms with Gasteiger partial charge in [0.1, 0.15) is 5.82 Å². The SMILES string of the molecule is CCc1nsc(N2C(=O)C=C(C)C2O)n1. The summed E-state index contributed by atoms with van der Waals surface area (Å²) in [5, 5.41) is 10.2. The third-order valence-electron chi connectivity index (χ3n) is 2.22. The van der Waals surface area contributed by atoms with Gasteiger partial charge in [0.2, 0.25) is 5.13 Å². The van der Waals surface area contributed by atoms with Crippen LogP contribution < -0.4 is 4.90 Å². The van der Waals surface area contributed by atoms with Crippen LogP contribution in [0.3, 0.4) is 0 Å². The molecular formula is C9H11N3O2S. The van der Waals surface area contributed by atoms with Gasteiger partial charge in [0.25, 0.3) is 5.91 Å². The highest BCUT2D eigenvalue weighted by atomic mass is 32.1. The lowest BCUT2D eigenvalue weighted by molar-refractivity contribution is -0.114. The van der Waals surface area contributed by atoms with Crippen molar-refractivity contribution in [3.63, 3.8) is 0 Å². The molecule has 0 bridgehead atoms. The van der Waals surface area contributed by atoms with Crippen LogP contribution in [0.1, 0.15) is 19.7 Å². The molecule has 1 amide bonds. The molecule has 6 heteroatoms. The van der Waals surface area contributed by atoms with Crippen molar-refractivity contribution in [2.24, 2.45) is 0 Å². The van der Waals surface area contributed by atoms with Crippen LogP contribution in [0, 0.1) is 0 Å². The van der Waals surface area contributed by atoms with Crippen molar-refractivity contribution in [2.45, 2.75) is 26.5 Å². The first-order chi connectivity index (χ1) is 7.13. The normalized spacial score (nSPS) is 21.0. The van der Waals surface area contributed by atoms with Gasteiger partial charge in [-0.2, -0.15) is 4.37 Å². The maximum absolute atomic E-state index is 11.5. The molecule has 0 saturated carbocycles. The van der Waals surface area contributed by atoms with E-state index in [1.165, 1.54) is 11.0 Å². The molecule has 80 valence electrons. The van der Waals surface area contributed by atoms with Crippen LogP contribution in [-0.2, 0) is 11.2 Å². The Morgan fingerprint density at radius 2 is 2.40 bits per heavy atom. The van der Waals surface area contributed by atoms with Crippen LogP contribution in [-0.4, -0.2) is 26.6 Å². The van der Waals surface area contributed by atoms with Gasteiger partial charge < -0.3 is 5.11 Å². The van der Waals surface area contributed by atoms with Crippen LogP contribution in [0.15, 0.2) is 11.6 Å². The maximum atomic E-state index is 11.5. The fourth-order valence-corrected chi connectivity index (χ4v) is 2.13. The van der Waals surface area contributed by atoms with Gasteiger partial charge in [-0.25, -0.2) is 4.98 Å². The Morgan fingerprint density at radius 1 is 1.67 bits per heavy atom. The number of aromatic nitrogens is 2. The fourth-order valence-electron chi connectivity index (χ4n) is 1.35. The van der Waals surface area contributed by atoms with Crippen molar-refractivity contribution in [2.75, 3.05) is 4.90 Å². The summed E-state index contributed by atoms with van der Waals surface area (Å²) in [6, 6.07) is 0. The summed E-state index contributed by atoms with van der Waals surface area (Å²) >= 11 is 1.13. The van der Waals surface area contributed by atoms with Crippen molar-refractivity contribution in [1.82, 2.24) is 9.36 Å². The minimum absolute atomic E-state index is 0.237. The number of hydrogen-bond acceptors (Lipinski definition) is 5. The highest BCUT2D eigenvalue weighted by Crippen LogP contribution is 2.26. The van der Waals surface area contributed by atoms with Crippen molar-refractivity contribution >= 4 is 22.6 Å². The van der Waals surface area contributed by atoms with E-state index < -0.39 is 6.23 Å². The Labute approximate surface area is 91.2 Å². The van der Waals surface area contributed by atoms with Gasteiger partial charge in [0, 0.05) is 24.0 Å². The van der Waals surface area contributed by atoms with E-state index in [1.807, 2.05) is 6.92 Å². The van der Waals surface area contributed by atoms with Gasteiger partial charge in [-0.15, -0.1) is 0 Å². The molecule has 0 saturated heterocycles. The van der Waals surface area contributed by atoms with E-state index in [0.717, 1.165) is 18.0 Å². The van der Waals surface area contributed by atoms with Crippen molar-refractivity contribution in [3.05, 3.63) is 17.5 Å². The molecule has 0 aromatic carbocycles. The predicted octanol–water partition coefficient (Wildman–Crippen LogP) is 0.712. The molecule has 2 heterocycles. The number of aryl methyl sites for hydroxylation is 1. The summed E-state index contributed by atoms with van der Waals surface area (Å²) in [7, 11) is 0. The lowest BCUT2D eigenvalue weighted by Gasteiger charge is -2.17. The molecule has 1 aliphatic rings. The molecule has 1 N–H and O–H groups in total. The number of carbonyl (C=O) groups is 1. The molecule has 1 aromatic rings. The van der Waals surface area contributed by atoms with Gasteiger partial charge in [-0.3, -0.25) is 9.69 Å². The summed E-state index contributed by atoms with van der Waals surface area (Å²) < 4.78 is 4.08. The smallest absolute Gasteiger partial charge is 0.255 e. The zero-order valence-corrected chi connectivity index (χ0v) is 9.28. The quantitative estimate of drug-likeness (QED) is 0.805. The summed E-state index contributed by atoms with van der Waals surface area (Å²) in [5.41, 5.74) is 0.633. The molecule has 2 rings (SSSR count). The van der Waals surface area contributed by atoms with Crippen LogP contribution >= 0.6 is 11.5 Å². The van der Waals surface area contributed by atoms with Crippen LogP contribution in [0.4, 0.5) is 5.13 Å². The van der Waals surface area contributed by atoms with E-state index in [4.69, 9.17) is 0 Å². The lowest BCUT2D eigenvalue weighted by Crippen LogP contribution is -2.34. The molecule has 15 heavy (non-hydrogen) atoms. The Kier molecular flexibility index (Phi) is 2.54. The predicted molar refractivity (Wildman–Crippen MR) is 56.5 cm³/mol. The molecule has 1 unspecified atom stereocenters. The topological polar surface area (TPSA) is 66.3 Å². The highest BCUT2D eigenvalue weighted by Gasteiger charge is 2.32. The molecule has 0 spiro atoms. The summed E-state index contributed by atoms with van der Waals surface area (Å²) in [4.78, 5) is 16.9. The molecular weight excluding hydrogens is 214 g/mol. The molecule has 1 atom stereocenters. The molecule has 1 aromatic heterocycles. The second-order valence-corrected chi connectivity index (χ2v) is 4.05. The van der Waals surface area contributed by atoms with E-state index in [-0.39, 0.29) is 5.91 Å². The molecule has 1 aliphatic heterocycles. The first-order valence-electron chi connectivity index (χ1n) is 4.65. The van der Waals surface area contributed by atoms with Gasteiger partial charge in [0.15, 0.2) is 6.23 Å². The Bertz CT molecular complexity index is 427. The van der Waals surface area contributed by atoms with Crippen molar-refractivity contribution < 1.29 is 9.90 Å². The van der Waals surface area contributed by atoms with Crippen molar-refractivity contribution in [1.29, 1.82) is 0 Å². The zero-order valence-electron chi connectivity index (χ0n) is 8.47. The first kappa shape index (κ1) is 10.3. The second kappa shape index (κ2) is 3.71. The highest BCUT2D eigenvalue weighted by molar-refractivity contribution is 7.10. The minimum Gasteiger partial charge on any atom is -0.369 e. The molecule has 0 aliphatic carbocycles. The molecule has 5 nitrogen and oxygen atoms in total. The number of aliphatic hydroxyl groups excluding tert-OH is 1. The van der Waals surface area contributed by atoms with Crippen LogP contribution in [0.2, 0.25) is 0 Å². The third-order valence-corrected chi connectivity index (χ3v) is 2.97. The fraction of sp³-hybridized carbons (Fsp3) is 0.444. The number of carbonyl (C=O) groups excluding carboxylic acids is 1. The van der Waals surface area contributed by atoms with Crippen molar-refractivity contribution in [3.8, 4) is 0 Å². The number of rotatable bonds is 2. The van der Waals surface area contributed by atoms with Gasteiger partial charge >= 0.3 is 0 Å². The van der Waals surface area contributed by atoms with Gasteiger partial charge in [-0.1, -0.05) is 6.92 Å². The Morgan fingerprint density at radius 3 is 2.87 bits per heavy atom. The van der Waals surface area contributed by atoms with Gasteiger partial charge in [0.05, 0.1) is 0 Å². The molecule has 0 radical (unpaired) electrons. The first-order valence-corrected chi connectivity index (χ1v) is 5.43. The monoisotopic (exact) mass is 225 g/mol. The number of amides is 1. The average Bonchev–Trinajstić information content (AvgIpc) is 2.74. The van der Waals surface area contributed by atoms with Crippen LogP contribution in [0.5, 0.6) is 0 Å². The lowest BCUT2D eigenvalue weighted by atomic mass is 10.3. The van der Waals surface area contributed by atoms with Gasteiger partial charge in [-0.05, 0) is 12.5 Å². The summed E-state index contributed by atoms with van der Waals surface area (Å²) in [6.45, 7) is 3.65. The second-order valence-electron chi connectivity index (χ2n) is 3.32. The Hall–Kier alpha value is -1.27. The summed E-state index contributed by atoms with van der Waals surface area (Å²) in [6.07, 6.45) is 1.24. The number of aliphatic hydroxyl groups is 1. The number of nitrogens with zero attached hydrogens (tertiary/aromatic N) is 3. The maximum Gasteiger partial charge on any atom is 0.255 e. The van der Waals surface area contributed by atoms with E-state index >= 15 is 0 Å². The van der Waals surface area contributed by atoms with E-state index in [9.17, 15) is 9.90 Å². The number of hydrogen-bond donors (Lipinski definition) is 1. The molecule has 0 fully saturated rings. The van der Waals surface area contributed by atoms with Crippen LogP contribution in [0.25, 0.3) is 0 Å². The Balaban J connectivity index is 2.29. The zero-order chi connectivity index (χ0) is 11.0.